The van der Waals surface area contributed by atoms with Crippen molar-refractivity contribution in [2.45, 2.75) is 32.9 Å². The van der Waals surface area contributed by atoms with Gasteiger partial charge in [0.15, 0.2) is 17.4 Å². The Labute approximate surface area is 106 Å². The molecule has 0 amide bonds. The minimum atomic E-state index is -1.14. The topological polar surface area (TPSA) is 41.5 Å². The predicted molar refractivity (Wildman–Crippen MR) is 65.5 cm³/mol. The van der Waals surface area contributed by atoms with E-state index in [1.54, 1.807) is 0 Å². The SMILES string of the molecule is CCNCc1cc(F)c(OCC(C)(C)O)c(F)c1. The second-order valence-corrected chi connectivity index (χ2v) is 4.77. The molecule has 0 spiro atoms. The van der Waals surface area contributed by atoms with Gasteiger partial charge in [-0.05, 0) is 38.1 Å². The van der Waals surface area contributed by atoms with Crippen LogP contribution >= 0.6 is 0 Å². The Morgan fingerprint density at radius 1 is 1.28 bits per heavy atom. The molecule has 18 heavy (non-hydrogen) atoms. The van der Waals surface area contributed by atoms with E-state index in [1.165, 1.54) is 26.0 Å². The molecule has 1 aromatic rings. The average Bonchev–Trinajstić information content (AvgIpc) is 2.23. The zero-order valence-corrected chi connectivity index (χ0v) is 10.9. The van der Waals surface area contributed by atoms with Crippen LogP contribution in [-0.4, -0.2) is 23.9 Å². The van der Waals surface area contributed by atoms with Crippen LogP contribution in [0.2, 0.25) is 0 Å². The Bertz CT molecular complexity index is 379. The molecule has 102 valence electrons. The molecule has 0 atom stereocenters. The molecule has 2 N–H and O–H groups in total. The second-order valence-electron chi connectivity index (χ2n) is 4.77. The van der Waals surface area contributed by atoms with Gasteiger partial charge in [0.05, 0.1) is 5.60 Å². The first-order valence-electron chi connectivity index (χ1n) is 5.87. The van der Waals surface area contributed by atoms with Crippen molar-refractivity contribution in [2.24, 2.45) is 0 Å². The van der Waals surface area contributed by atoms with Gasteiger partial charge < -0.3 is 15.2 Å². The van der Waals surface area contributed by atoms with E-state index in [-0.39, 0.29) is 6.61 Å². The highest BCUT2D eigenvalue weighted by molar-refractivity contribution is 5.31. The zero-order valence-electron chi connectivity index (χ0n) is 10.9. The third-order valence-corrected chi connectivity index (χ3v) is 2.21. The fourth-order valence-electron chi connectivity index (χ4n) is 1.37. The first kappa shape index (κ1) is 14.9. The molecule has 0 aliphatic carbocycles. The van der Waals surface area contributed by atoms with Crippen molar-refractivity contribution in [1.82, 2.24) is 5.32 Å². The molecular weight excluding hydrogens is 240 g/mol. The molecular formula is C13H19F2NO2. The van der Waals surface area contributed by atoms with E-state index in [1.807, 2.05) is 6.92 Å². The van der Waals surface area contributed by atoms with E-state index in [4.69, 9.17) is 4.74 Å². The molecule has 0 heterocycles. The summed E-state index contributed by atoms with van der Waals surface area (Å²) in [7, 11) is 0. The average molecular weight is 259 g/mol. The summed E-state index contributed by atoms with van der Waals surface area (Å²) in [4.78, 5) is 0. The number of halogens is 2. The van der Waals surface area contributed by atoms with Crippen LogP contribution in [0.3, 0.4) is 0 Å². The fourth-order valence-corrected chi connectivity index (χ4v) is 1.37. The van der Waals surface area contributed by atoms with Crippen molar-refractivity contribution in [1.29, 1.82) is 0 Å². The number of nitrogens with one attached hydrogen (secondary N) is 1. The third-order valence-electron chi connectivity index (χ3n) is 2.21. The minimum Gasteiger partial charge on any atom is -0.485 e. The molecule has 3 nitrogen and oxygen atoms in total. The van der Waals surface area contributed by atoms with Crippen LogP contribution < -0.4 is 10.1 Å². The lowest BCUT2D eigenvalue weighted by Crippen LogP contribution is -2.28. The molecule has 0 bridgehead atoms. The van der Waals surface area contributed by atoms with Crippen LogP contribution in [0.4, 0.5) is 8.78 Å². The normalized spacial score (nSPS) is 11.7. The molecule has 0 radical (unpaired) electrons. The number of hydrogen-bond donors (Lipinski definition) is 2. The lowest BCUT2D eigenvalue weighted by atomic mass is 10.1. The van der Waals surface area contributed by atoms with Gasteiger partial charge in [-0.25, -0.2) is 8.78 Å². The molecule has 1 rings (SSSR count). The van der Waals surface area contributed by atoms with Gasteiger partial charge in [0, 0.05) is 6.54 Å². The predicted octanol–water partition coefficient (Wildman–Crippen LogP) is 2.22. The highest BCUT2D eigenvalue weighted by atomic mass is 19.1. The molecule has 1 aromatic carbocycles. The fraction of sp³-hybridized carbons (Fsp3) is 0.538. The molecule has 0 saturated carbocycles. The van der Waals surface area contributed by atoms with Crippen LogP contribution in [0.15, 0.2) is 12.1 Å². The maximum atomic E-state index is 13.6. The minimum absolute atomic E-state index is 0.173. The van der Waals surface area contributed by atoms with Gasteiger partial charge in [-0.3, -0.25) is 0 Å². The summed E-state index contributed by atoms with van der Waals surface area (Å²) in [6.07, 6.45) is 0. The lowest BCUT2D eigenvalue weighted by Gasteiger charge is -2.18. The van der Waals surface area contributed by atoms with Crippen molar-refractivity contribution >= 4 is 0 Å². The first-order valence-corrected chi connectivity index (χ1v) is 5.87. The summed E-state index contributed by atoms with van der Waals surface area (Å²) in [6, 6.07) is 2.46. The van der Waals surface area contributed by atoms with Crippen molar-refractivity contribution in [3.8, 4) is 5.75 Å². The summed E-state index contributed by atoms with van der Waals surface area (Å²) in [6.45, 7) is 5.86. The lowest BCUT2D eigenvalue weighted by molar-refractivity contribution is 0.0257. The van der Waals surface area contributed by atoms with Gasteiger partial charge in [-0.1, -0.05) is 6.92 Å². The van der Waals surface area contributed by atoms with Gasteiger partial charge >= 0.3 is 0 Å². The van der Waals surface area contributed by atoms with Crippen molar-refractivity contribution in [3.63, 3.8) is 0 Å². The van der Waals surface area contributed by atoms with Crippen LogP contribution in [0, 0.1) is 11.6 Å². The number of aliphatic hydroxyl groups is 1. The molecule has 5 heteroatoms. The Morgan fingerprint density at radius 2 is 1.83 bits per heavy atom. The van der Waals surface area contributed by atoms with E-state index in [2.05, 4.69) is 5.32 Å². The summed E-state index contributed by atoms with van der Waals surface area (Å²) >= 11 is 0. The molecule has 0 unspecified atom stereocenters. The van der Waals surface area contributed by atoms with E-state index in [9.17, 15) is 13.9 Å². The Kier molecular flexibility index (Phi) is 5.04. The summed E-state index contributed by atoms with van der Waals surface area (Å²) in [5.74, 6) is -1.96. The number of ether oxygens (including phenoxy) is 1. The third kappa shape index (κ3) is 4.58. The quantitative estimate of drug-likeness (QED) is 0.823. The van der Waals surface area contributed by atoms with Gasteiger partial charge in [-0.2, -0.15) is 0 Å². The highest BCUT2D eigenvalue weighted by Crippen LogP contribution is 2.24. The van der Waals surface area contributed by atoms with Gasteiger partial charge in [-0.15, -0.1) is 0 Å². The monoisotopic (exact) mass is 259 g/mol. The summed E-state index contributed by atoms with van der Waals surface area (Å²) in [5.41, 5.74) is -0.621. The Morgan fingerprint density at radius 3 is 2.28 bits per heavy atom. The Hall–Kier alpha value is -1.20. The number of hydrogen-bond acceptors (Lipinski definition) is 3. The van der Waals surface area contributed by atoms with E-state index in [0.717, 1.165) is 6.54 Å². The first-order chi connectivity index (χ1) is 8.33. The van der Waals surface area contributed by atoms with E-state index in [0.29, 0.717) is 12.1 Å². The van der Waals surface area contributed by atoms with Crippen molar-refractivity contribution < 1.29 is 18.6 Å². The largest absolute Gasteiger partial charge is 0.485 e. The van der Waals surface area contributed by atoms with Gasteiger partial charge in [0.2, 0.25) is 0 Å². The van der Waals surface area contributed by atoms with Crippen LogP contribution in [0.1, 0.15) is 26.3 Å². The maximum absolute atomic E-state index is 13.6. The summed E-state index contributed by atoms with van der Waals surface area (Å²) in [5, 5.41) is 12.4. The van der Waals surface area contributed by atoms with Crippen LogP contribution in [0.25, 0.3) is 0 Å². The molecule has 0 aliphatic rings. The highest BCUT2D eigenvalue weighted by Gasteiger charge is 2.18. The molecule has 0 aliphatic heterocycles. The van der Waals surface area contributed by atoms with Crippen molar-refractivity contribution in [3.05, 3.63) is 29.3 Å². The molecule has 0 saturated heterocycles. The van der Waals surface area contributed by atoms with Crippen molar-refractivity contribution in [2.75, 3.05) is 13.2 Å². The van der Waals surface area contributed by atoms with Crippen LogP contribution in [0.5, 0.6) is 5.75 Å². The smallest absolute Gasteiger partial charge is 0.190 e. The van der Waals surface area contributed by atoms with Gasteiger partial charge in [0.25, 0.3) is 0 Å². The number of rotatable bonds is 6. The molecule has 0 fully saturated rings. The van der Waals surface area contributed by atoms with Gasteiger partial charge in [0.1, 0.15) is 6.61 Å². The summed E-state index contributed by atoms with van der Waals surface area (Å²) < 4.78 is 32.2. The van der Waals surface area contributed by atoms with Crippen LogP contribution in [-0.2, 0) is 6.54 Å². The zero-order chi connectivity index (χ0) is 13.8. The van der Waals surface area contributed by atoms with E-state index >= 15 is 0 Å². The molecule has 0 aromatic heterocycles. The maximum Gasteiger partial charge on any atom is 0.190 e. The Balaban J connectivity index is 2.81. The number of benzene rings is 1. The standard InChI is InChI=1S/C13H19F2NO2/c1-4-16-7-9-5-10(14)12(11(15)6-9)18-8-13(2,3)17/h5-6,16-17H,4,7-8H2,1-3H3. The van der Waals surface area contributed by atoms with E-state index < -0.39 is 23.0 Å². The second kappa shape index (κ2) is 6.11.